The van der Waals surface area contributed by atoms with Crippen molar-refractivity contribution >= 4 is 29.1 Å². The van der Waals surface area contributed by atoms with E-state index in [-0.39, 0.29) is 24.7 Å². The Bertz CT molecular complexity index is 463. The Morgan fingerprint density at radius 3 is 2.68 bits per heavy atom. The van der Waals surface area contributed by atoms with E-state index in [1.54, 1.807) is 18.2 Å². The van der Waals surface area contributed by atoms with Gasteiger partial charge in [0, 0.05) is 36.6 Å². The van der Waals surface area contributed by atoms with Crippen LogP contribution in [-0.4, -0.2) is 24.9 Å². The average Bonchev–Trinajstić information content (AvgIpc) is 2.35. The Hall–Kier alpha value is -1.59. The first kappa shape index (κ1) is 15.5. The van der Waals surface area contributed by atoms with Crippen LogP contribution in [0.5, 0.6) is 0 Å². The molecule has 2 amide bonds. The molecular formula is C13H18ClN3O2. The van der Waals surface area contributed by atoms with Gasteiger partial charge in [0.15, 0.2) is 0 Å². The lowest BCUT2D eigenvalue weighted by atomic mass is 10.2. The lowest BCUT2D eigenvalue weighted by molar-refractivity contribution is -0.121. The molecule has 4 N–H and O–H groups in total. The van der Waals surface area contributed by atoms with E-state index in [1.807, 2.05) is 6.92 Å². The van der Waals surface area contributed by atoms with Crippen LogP contribution >= 0.6 is 11.6 Å². The van der Waals surface area contributed by atoms with Crippen molar-refractivity contribution < 1.29 is 9.59 Å². The highest BCUT2D eigenvalue weighted by atomic mass is 35.5. The second-order valence-corrected chi connectivity index (χ2v) is 4.51. The second-order valence-electron chi connectivity index (χ2n) is 4.10. The van der Waals surface area contributed by atoms with Crippen LogP contribution < -0.4 is 16.4 Å². The summed E-state index contributed by atoms with van der Waals surface area (Å²) in [5.74, 6) is -0.312. The quantitative estimate of drug-likeness (QED) is 0.739. The molecule has 0 aliphatic carbocycles. The third kappa shape index (κ3) is 5.28. The van der Waals surface area contributed by atoms with E-state index in [4.69, 9.17) is 17.3 Å². The zero-order valence-electron chi connectivity index (χ0n) is 10.8. The highest BCUT2D eigenvalue weighted by Crippen LogP contribution is 2.22. The van der Waals surface area contributed by atoms with Gasteiger partial charge in [0.1, 0.15) is 0 Å². The molecule has 0 saturated carbocycles. The van der Waals surface area contributed by atoms with Gasteiger partial charge in [-0.3, -0.25) is 9.59 Å². The lowest BCUT2D eigenvalue weighted by Crippen LogP contribution is -2.29. The zero-order chi connectivity index (χ0) is 14.3. The molecule has 1 aromatic carbocycles. The van der Waals surface area contributed by atoms with Crippen molar-refractivity contribution in [2.45, 2.75) is 19.8 Å². The van der Waals surface area contributed by atoms with Gasteiger partial charge >= 0.3 is 0 Å². The van der Waals surface area contributed by atoms with E-state index >= 15 is 0 Å². The first-order valence-electron chi connectivity index (χ1n) is 6.06. The van der Waals surface area contributed by atoms with Crippen LogP contribution in [0.15, 0.2) is 18.2 Å². The fraction of sp³-hybridized carbons (Fsp3) is 0.385. The van der Waals surface area contributed by atoms with E-state index in [1.165, 1.54) is 0 Å². The smallest absolute Gasteiger partial charge is 0.226 e. The molecule has 104 valence electrons. The summed E-state index contributed by atoms with van der Waals surface area (Å²) in [5.41, 5.74) is 6.75. The van der Waals surface area contributed by atoms with Gasteiger partial charge in [-0.1, -0.05) is 17.7 Å². The highest BCUT2D eigenvalue weighted by molar-refractivity contribution is 6.31. The monoisotopic (exact) mass is 283 g/mol. The molecule has 0 aliphatic rings. The fourth-order valence-electron chi connectivity index (χ4n) is 1.49. The number of anilines is 1. The zero-order valence-corrected chi connectivity index (χ0v) is 11.6. The maximum absolute atomic E-state index is 11.7. The second kappa shape index (κ2) is 7.76. The van der Waals surface area contributed by atoms with Crippen LogP contribution in [0, 0.1) is 6.92 Å². The van der Waals surface area contributed by atoms with Crippen molar-refractivity contribution in [3.05, 3.63) is 28.8 Å². The van der Waals surface area contributed by atoms with E-state index in [9.17, 15) is 9.59 Å². The fourth-order valence-corrected chi connectivity index (χ4v) is 1.67. The Morgan fingerprint density at radius 1 is 1.26 bits per heavy atom. The van der Waals surface area contributed by atoms with Gasteiger partial charge in [0.2, 0.25) is 11.8 Å². The Labute approximate surface area is 117 Å². The summed E-state index contributed by atoms with van der Waals surface area (Å²) < 4.78 is 0. The molecule has 0 aliphatic heterocycles. The Balaban J connectivity index is 2.39. The molecule has 5 nitrogen and oxygen atoms in total. The van der Waals surface area contributed by atoms with Gasteiger partial charge in [0.05, 0.1) is 0 Å². The molecule has 0 fully saturated rings. The van der Waals surface area contributed by atoms with Crippen LogP contribution in [0.4, 0.5) is 5.69 Å². The van der Waals surface area contributed by atoms with Gasteiger partial charge in [-0.25, -0.2) is 0 Å². The number of nitrogens with one attached hydrogen (secondary N) is 2. The van der Waals surface area contributed by atoms with E-state index in [2.05, 4.69) is 10.6 Å². The lowest BCUT2D eigenvalue weighted by Gasteiger charge is -2.09. The van der Waals surface area contributed by atoms with Crippen molar-refractivity contribution in [1.82, 2.24) is 5.32 Å². The van der Waals surface area contributed by atoms with Gasteiger partial charge in [0.25, 0.3) is 0 Å². The largest absolute Gasteiger partial charge is 0.356 e. The minimum Gasteiger partial charge on any atom is -0.356 e. The van der Waals surface area contributed by atoms with Crippen LogP contribution in [0.3, 0.4) is 0 Å². The number of halogens is 1. The topological polar surface area (TPSA) is 84.2 Å². The number of hydrogen-bond acceptors (Lipinski definition) is 3. The predicted molar refractivity (Wildman–Crippen MR) is 76.1 cm³/mol. The number of rotatable bonds is 6. The van der Waals surface area contributed by atoms with Gasteiger partial charge in [-0.05, 0) is 24.6 Å². The SMILES string of the molecule is Cc1c(Cl)cccc1NC(=O)CCNC(=O)CCN. The van der Waals surface area contributed by atoms with E-state index < -0.39 is 0 Å². The summed E-state index contributed by atoms with van der Waals surface area (Å²) in [5, 5.41) is 5.98. The summed E-state index contributed by atoms with van der Waals surface area (Å²) in [7, 11) is 0. The summed E-state index contributed by atoms with van der Waals surface area (Å²) in [6.07, 6.45) is 0.483. The van der Waals surface area contributed by atoms with E-state index in [0.717, 1.165) is 5.56 Å². The van der Waals surface area contributed by atoms with Crippen molar-refractivity contribution in [1.29, 1.82) is 0 Å². The number of benzene rings is 1. The molecule has 1 aromatic rings. The number of nitrogens with two attached hydrogens (primary N) is 1. The maximum Gasteiger partial charge on any atom is 0.226 e. The normalized spacial score (nSPS) is 10.1. The summed E-state index contributed by atoms with van der Waals surface area (Å²) in [4.78, 5) is 22.8. The molecule has 0 saturated heterocycles. The molecule has 0 spiro atoms. The molecule has 6 heteroatoms. The molecular weight excluding hydrogens is 266 g/mol. The number of carbonyl (C=O) groups excluding carboxylic acids is 2. The summed E-state index contributed by atoms with van der Waals surface area (Å²) >= 11 is 5.96. The average molecular weight is 284 g/mol. The van der Waals surface area contributed by atoms with E-state index in [0.29, 0.717) is 23.8 Å². The van der Waals surface area contributed by atoms with Crippen LogP contribution in [-0.2, 0) is 9.59 Å². The molecule has 0 radical (unpaired) electrons. The molecule has 1 rings (SSSR count). The highest BCUT2D eigenvalue weighted by Gasteiger charge is 2.07. The van der Waals surface area contributed by atoms with Crippen molar-refractivity contribution in [3.63, 3.8) is 0 Å². The molecule has 0 heterocycles. The Kier molecular flexibility index (Phi) is 6.32. The summed E-state index contributed by atoms with van der Waals surface area (Å²) in [6, 6.07) is 5.32. The summed E-state index contributed by atoms with van der Waals surface area (Å²) in [6.45, 7) is 2.44. The van der Waals surface area contributed by atoms with Gasteiger partial charge < -0.3 is 16.4 Å². The third-order valence-electron chi connectivity index (χ3n) is 2.59. The van der Waals surface area contributed by atoms with Crippen LogP contribution in [0.2, 0.25) is 5.02 Å². The van der Waals surface area contributed by atoms with Crippen LogP contribution in [0.25, 0.3) is 0 Å². The molecule has 0 unspecified atom stereocenters. The molecule has 0 atom stereocenters. The third-order valence-corrected chi connectivity index (χ3v) is 3.00. The minimum atomic E-state index is -0.168. The molecule has 0 bridgehead atoms. The van der Waals surface area contributed by atoms with Crippen molar-refractivity contribution in [2.24, 2.45) is 5.73 Å². The van der Waals surface area contributed by atoms with Gasteiger partial charge in [-0.15, -0.1) is 0 Å². The predicted octanol–water partition coefficient (Wildman–Crippen LogP) is 1.44. The first-order valence-corrected chi connectivity index (χ1v) is 6.44. The maximum atomic E-state index is 11.7. The van der Waals surface area contributed by atoms with Crippen molar-refractivity contribution in [3.8, 4) is 0 Å². The number of hydrogen-bond donors (Lipinski definition) is 3. The molecule has 19 heavy (non-hydrogen) atoms. The van der Waals surface area contributed by atoms with Gasteiger partial charge in [-0.2, -0.15) is 0 Å². The standard InChI is InChI=1S/C13H18ClN3O2/c1-9-10(14)3-2-4-11(9)17-13(19)6-8-16-12(18)5-7-15/h2-4H,5-8,15H2,1H3,(H,16,18)(H,17,19). The minimum absolute atomic E-state index is 0.144. The van der Waals surface area contributed by atoms with Crippen molar-refractivity contribution in [2.75, 3.05) is 18.4 Å². The number of amides is 2. The number of carbonyl (C=O) groups is 2. The van der Waals surface area contributed by atoms with Crippen LogP contribution in [0.1, 0.15) is 18.4 Å². The first-order chi connectivity index (χ1) is 9.04. The molecule has 0 aromatic heterocycles. The Morgan fingerprint density at radius 2 is 2.00 bits per heavy atom.